The van der Waals surface area contributed by atoms with Crippen LogP contribution in [0.5, 0.6) is 0 Å². The van der Waals surface area contributed by atoms with Crippen LogP contribution in [0.3, 0.4) is 0 Å². The zero-order valence-corrected chi connectivity index (χ0v) is 19.5. The minimum atomic E-state index is -3.49. The first-order chi connectivity index (χ1) is 14.6. The van der Waals surface area contributed by atoms with E-state index in [2.05, 4.69) is 0 Å². The molecule has 0 aliphatic heterocycles. The Hall–Kier alpha value is -2.38. The molecule has 0 radical (unpaired) electrons. The van der Waals surface area contributed by atoms with Gasteiger partial charge in [-0.3, -0.25) is 9.10 Å². The van der Waals surface area contributed by atoms with Crippen molar-refractivity contribution in [2.24, 2.45) is 0 Å². The number of sulfonamides is 1. The Labute approximate surface area is 185 Å². The predicted molar refractivity (Wildman–Crippen MR) is 124 cm³/mol. The van der Waals surface area contributed by atoms with Crippen LogP contribution in [-0.4, -0.2) is 49.8 Å². The van der Waals surface area contributed by atoms with Crippen molar-refractivity contribution in [2.75, 3.05) is 17.6 Å². The summed E-state index contributed by atoms with van der Waals surface area (Å²) < 4.78 is 26.5. The van der Waals surface area contributed by atoms with Crippen LogP contribution in [0.15, 0.2) is 42.5 Å². The third kappa shape index (κ3) is 5.28. The van der Waals surface area contributed by atoms with Crippen molar-refractivity contribution >= 4 is 21.6 Å². The van der Waals surface area contributed by atoms with Crippen molar-refractivity contribution in [1.82, 2.24) is 4.90 Å². The Balaban J connectivity index is 1.81. The normalized spacial score (nSPS) is 19.1. The lowest BCUT2D eigenvalue weighted by atomic mass is 9.91. The molecule has 31 heavy (non-hydrogen) atoms. The number of nitrogens with zero attached hydrogens (tertiary/aromatic N) is 2. The second-order valence-corrected chi connectivity index (χ2v) is 10.4. The van der Waals surface area contributed by atoms with Crippen molar-refractivity contribution in [3.8, 4) is 0 Å². The summed E-state index contributed by atoms with van der Waals surface area (Å²) in [6.07, 6.45) is 4.26. The molecule has 1 N–H and O–H groups in total. The van der Waals surface area contributed by atoms with E-state index in [1.165, 1.54) is 10.6 Å². The van der Waals surface area contributed by atoms with Crippen molar-refractivity contribution in [3.05, 3.63) is 64.7 Å². The van der Waals surface area contributed by atoms with Gasteiger partial charge in [0, 0.05) is 12.6 Å². The molecule has 0 bridgehead atoms. The number of carbonyl (C=O) groups is 1. The summed E-state index contributed by atoms with van der Waals surface area (Å²) in [6.45, 7) is 3.99. The summed E-state index contributed by atoms with van der Waals surface area (Å²) in [4.78, 5) is 14.5. The largest absolute Gasteiger partial charge is 0.391 e. The number of anilines is 1. The fourth-order valence-corrected chi connectivity index (χ4v) is 5.38. The van der Waals surface area contributed by atoms with E-state index in [1.54, 1.807) is 36.2 Å². The lowest BCUT2D eigenvalue weighted by molar-refractivity contribution is 0.0268. The van der Waals surface area contributed by atoms with E-state index in [0.29, 0.717) is 11.3 Å². The number of benzene rings is 2. The minimum Gasteiger partial charge on any atom is -0.391 e. The third-order valence-electron chi connectivity index (χ3n) is 6.13. The number of likely N-dealkylation sites (N-methyl/N-ethyl adjacent to an activating group) is 1. The number of amides is 1. The Morgan fingerprint density at radius 1 is 1.03 bits per heavy atom. The molecule has 2 aromatic carbocycles. The van der Waals surface area contributed by atoms with Gasteiger partial charge in [0.05, 0.1) is 30.6 Å². The van der Waals surface area contributed by atoms with Gasteiger partial charge in [0.15, 0.2) is 0 Å². The number of rotatable bonds is 6. The highest BCUT2D eigenvalue weighted by Crippen LogP contribution is 2.29. The summed E-state index contributed by atoms with van der Waals surface area (Å²) in [5.41, 5.74) is 3.80. The molecule has 0 heterocycles. The van der Waals surface area contributed by atoms with Crippen molar-refractivity contribution in [3.63, 3.8) is 0 Å². The van der Waals surface area contributed by atoms with Crippen molar-refractivity contribution < 1.29 is 18.3 Å². The number of aliphatic hydroxyl groups is 1. The zero-order valence-electron chi connectivity index (χ0n) is 18.7. The van der Waals surface area contributed by atoms with Gasteiger partial charge < -0.3 is 10.0 Å². The molecule has 0 saturated heterocycles. The lowest BCUT2D eigenvalue weighted by Gasteiger charge is -2.35. The Kier molecular flexibility index (Phi) is 7.06. The van der Waals surface area contributed by atoms with E-state index in [9.17, 15) is 18.3 Å². The first kappa shape index (κ1) is 23.3. The molecule has 0 unspecified atom stereocenters. The maximum Gasteiger partial charge on any atom is 0.253 e. The van der Waals surface area contributed by atoms with Gasteiger partial charge in [-0.15, -0.1) is 0 Å². The maximum atomic E-state index is 12.9. The molecule has 1 aliphatic rings. The second kappa shape index (κ2) is 9.40. The van der Waals surface area contributed by atoms with Gasteiger partial charge in [-0.1, -0.05) is 43.2 Å². The Bertz CT molecular complexity index is 1010. The van der Waals surface area contributed by atoms with E-state index < -0.39 is 16.1 Å². The fraction of sp³-hybridized carbons (Fsp3) is 0.458. The molecule has 1 aliphatic carbocycles. The highest BCUT2D eigenvalue weighted by Gasteiger charge is 2.30. The van der Waals surface area contributed by atoms with Crippen LogP contribution in [0.25, 0.3) is 0 Å². The Morgan fingerprint density at radius 2 is 1.61 bits per heavy atom. The van der Waals surface area contributed by atoms with E-state index in [0.717, 1.165) is 42.4 Å². The highest BCUT2D eigenvalue weighted by molar-refractivity contribution is 7.92. The molecule has 168 valence electrons. The average molecular weight is 445 g/mol. The van der Waals surface area contributed by atoms with Crippen LogP contribution in [0.2, 0.25) is 0 Å². The summed E-state index contributed by atoms with van der Waals surface area (Å²) in [7, 11) is -1.75. The van der Waals surface area contributed by atoms with Crippen LogP contribution in [0.1, 0.15) is 52.7 Å². The smallest absolute Gasteiger partial charge is 0.253 e. The lowest BCUT2D eigenvalue weighted by Crippen LogP contribution is -2.46. The molecule has 1 saturated carbocycles. The molecule has 2 atom stereocenters. The van der Waals surface area contributed by atoms with Gasteiger partial charge in [0.1, 0.15) is 0 Å². The highest BCUT2D eigenvalue weighted by atomic mass is 32.2. The first-order valence-electron chi connectivity index (χ1n) is 10.7. The van der Waals surface area contributed by atoms with Crippen LogP contribution in [0.4, 0.5) is 5.69 Å². The summed E-state index contributed by atoms with van der Waals surface area (Å²) in [5, 5.41) is 10.3. The van der Waals surface area contributed by atoms with Crippen LogP contribution in [0, 0.1) is 13.8 Å². The topological polar surface area (TPSA) is 77.9 Å². The van der Waals surface area contributed by atoms with Crippen molar-refractivity contribution in [1.29, 1.82) is 0 Å². The van der Waals surface area contributed by atoms with E-state index in [-0.39, 0.29) is 18.5 Å². The molecular formula is C24H32N2O4S. The van der Waals surface area contributed by atoms with Crippen LogP contribution in [-0.2, 0) is 16.6 Å². The van der Waals surface area contributed by atoms with Gasteiger partial charge in [-0.2, -0.15) is 0 Å². The van der Waals surface area contributed by atoms with E-state index in [4.69, 9.17) is 0 Å². The van der Waals surface area contributed by atoms with Gasteiger partial charge in [-0.05, 0) is 55.5 Å². The third-order valence-corrected chi connectivity index (χ3v) is 7.24. The van der Waals surface area contributed by atoms with Crippen LogP contribution < -0.4 is 4.31 Å². The van der Waals surface area contributed by atoms with Gasteiger partial charge in [0.2, 0.25) is 10.0 Å². The molecular weight excluding hydrogens is 412 g/mol. The van der Waals surface area contributed by atoms with Gasteiger partial charge in [0.25, 0.3) is 5.91 Å². The molecule has 1 fully saturated rings. The number of hydrogen-bond donors (Lipinski definition) is 1. The number of aryl methyl sites for hydroxylation is 2. The first-order valence-corrected chi connectivity index (χ1v) is 12.5. The van der Waals surface area contributed by atoms with Gasteiger partial charge >= 0.3 is 0 Å². The summed E-state index contributed by atoms with van der Waals surface area (Å²) >= 11 is 0. The Morgan fingerprint density at radius 3 is 2.16 bits per heavy atom. The molecule has 2 aromatic rings. The predicted octanol–water partition coefficient (Wildman–Crippen LogP) is 3.65. The summed E-state index contributed by atoms with van der Waals surface area (Å²) in [5.74, 6) is -0.132. The van der Waals surface area contributed by atoms with Crippen molar-refractivity contribution in [2.45, 2.75) is 58.2 Å². The number of hydrogen-bond acceptors (Lipinski definition) is 4. The molecule has 0 spiro atoms. The standard InChI is InChI=1S/C24H32N2O4S/c1-17-8-7-9-18(2)23(17)26(31(4,29)30)16-19-12-14-20(15-13-19)24(28)25(3)21-10-5-6-11-22(21)27/h7-9,12-15,21-22,27H,5-6,10-11,16H2,1-4H3/t21-,22-/m1/s1. The number of para-hydroxylation sites is 1. The fourth-order valence-electron chi connectivity index (χ4n) is 4.38. The molecule has 7 heteroatoms. The summed E-state index contributed by atoms with van der Waals surface area (Å²) in [6, 6.07) is 12.6. The minimum absolute atomic E-state index is 0.132. The maximum absolute atomic E-state index is 12.9. The quantitative estimate of drug-likeness (QED) is 0.738. The number of aliphatic hydroxyl groups excluding tert-OH is 1. The van der Waals surface area contributed by atoms with E-state index in [1.807, 2.05) is 32.0 Å². The van der Waals surface area contributed by atoms with E-state index >= 15 is 0 Å². The monoisotopic (exact) mass is 444 g/mol. The average Bonchev–Trinajstić information content (AvgIpc) is 2.72. The SMILES string of the molecule is Cc1cccc(C)c1N(Cc1ccc(C(=O)N(C)[C@@H]2CCCC[C@H]2O)cc1)S(C)(=O)=O. The van der Waals surface area contributed by atoms with Crippen LogP contribution >= 0.6 is 0 Å². The number of carbonyl (C=O) groups excluding carboxylic acids is 1. The molecule has 3 rings (SSSR count). The van der Waals surface area contributed by atoms with Gasteiger partial charge in [-0.25, -0.2) is 8.42 Å². The molecule has 6 nitrogen and oxygen atoms in total. The zero-order chi connectivity index (χ0) is 22.8. The molecule has 0 aromatic heterocycles. The molecule has 1 amide bonds. The second-order valence-electron chi connectivity index (χ2n) is 8.54.